The van der Waals surface area contributed by atoms with Crippen molar-refractivity contribution in [3.8, 4) is 5.75 Å². The third kappa shape index (κ3) is 2.70. The second-order valence-corrected chi connectivity index (χ2v) is 6.04. The molecule has 23 heavy (non-hydrogen) atoms. The molecule has 4 nitrogen and oxygen atoms in total. The number of hydrogen-bond acceptors (Lipinski definition) is 3. The number of nitrogens with zero attached hydrogens (tertiary/aromatic N) is 2. The number of nitrogens with one attached hydrogen (secondary N) is 1. The molecule has 0 aliphatic carbocycles. The van der Waals surface area contributed by atoms with Crippen molar-refractivity contribution in [1.82, 2.24) is 14.9 Å². The molecule has 2 aromatic carbocycles. The van der Waals surface area contributed by atoms with Crippen LogP contribution in [0.25, 0.3) is 11.0 Å². The van der Waals surface area contributed by atoms with E-state index in [4.69, 9.17) is 9.72 Å². The number of para-hydroxylation sites is 3. The van der Waals surface area contributed by atoms with Crippen LogP contribution in [0.4, 0.5) is 0 Å². The van der Waals surface area contributed by atoms with Gasteiger partial charge in [-0.05, 0) is 31.0 Å². The molecule has 118 valence electrons. The van der Waals surface area contributed by atoms with Gasteiger partial charge in [-0.2, -0.15) is 0 Å². The highest BCUT2D eigenvalue weighted by atomic mass is 16.5. The smallest absolute Gasteiger partial charge is 0.124 e. The number of fused-ring (bicyclic) bond motifs is 2. The molecule has 4 rings (SSSR count). The molecule has 1 aliphatic rings. The zero-order valence-corrected chi connectivity index (χ0v) is 13.3. The minimum atomic E-state index is 0.313. The minimum absolute atomic E-state index is 0.313. The molecule has 3 aromatic rings. The van der Waals surface area contributed by atoms with Crippen LogP contribution in [0.15, 0.2) is 48.5 Å². The molecule has 1 aliphatic heterocycles. The normalized spacial score (nSPS) is 17.5. The molecule has 2 heterocycles. The van der Waals surface area contributed by atoms with E-state index in [1.807, 2.05) is 12.1 Å². The van der Waals surface area contributed by atoms with Crippen LogP contribution in [-0.4, -0.2) is 16.2 Å². The first-order valence-electron chi connectivity index (χ1n) is 8.18. The van der Waals surface area contributed by atoms with Crippen LogP contribution in [0.3, 0.4) is 0 Å². The topological polar surface area (TPSA) is 39.1 Å². The highest BCUT2D eigenvalue weighted by Crippen LogP contribution is 2.31. The molecule has 0 radical (unpaired) electrons. The van der Waals surface area contributed by atoms with Crippen LogP contribution in [0.1, 0.15) is 30.3 Å². The first-order chi connectivity index (χ1) is 11.3. The predicted molar refractivity (Wildman–Crippen MR) is 91.5 cm³/mol. The minimum Gasteiger partial charge on any atom is -0.493 e. The second kappa shape index (κ2) is 6.05. The summed E-state index contributed by atoms with van der Waals surface area (Å²) in [5.74, 6) is 2.07. The highest BCUT2D eigenvalue weighted by Gasteiger charge is 2.19. The van der Waals surface area contributed by atoms with Crippen molar-refractivity contribution in [2.75, 3.05) is 6.61 Å². The van der Waals surface area contributed by atoms with Crippen molar-refractivity contribution in [1.29, 1.82) is 0 Å². The Morgan fingerprint density at radius 2 is 2.00 bits per heavy atom. The lowest BCUT2D eigenvalue weighted by atomic mass is 10.0. The van der Waals surface area contributed by atoms with E-state index in [1.165, 1.54) is 11.1 Å². The summed E-state index contributed by atoms with van der Waals surface area (Å²) >= 11 is 0. The maximum Gasteiger partial charge on any atom is 0.124 e. The first-order valence-corrected chi connectivity index (χ1v) is 8.18. The predicted octanol–water partition coefficient (Wildman–Crippen LogP) is 3.58. The van der Waals surface area contributed by atoms with E-state index in [9.17, 15) is 0 Å². The molecule has 0 spiro atoms. The second-order valence-electron chi connectivity index (χ2n) is 6.04. The van der Waals surface area contributed by atoms with Crippen LogP contribution in [-0.2, 0) is 13.6 Å². The number of rotatable bonds is 3. The van der Waals surface area contributed by atoms with E-state index in [0.29, 0.717) is 6.04 Å². The van der Waals surface area contributed by atoms with Crippen LogP contribution in [0, 0.1) is 0 Å². The fourth-order valence-corrected chi connectivity index (χ4v) is 3.30. The van der Waals surface area contributed by atoms with Crippen molar-refractivity contribution in [2.45, 2.75) is 25.4 Å². The Hall–Kier alpha value is -2.33. The molecule has 0 unspecified atom stereocenters. The van der Waals surface area contributed by atoms with Gasteiger partial charge in [-0.25, -0.2) is 4.98 Å². The van der Waals surface area contributed by atoms with Gasteiger partial charge in [-0.3, -0.25) is 0 Å². The Kier molecular flexibility index (Phi) is 3.75. The van der Waals surface area contributed by atoms with Gasteiger partial charge >= 0.3 is 0 Å². The van der Waals surface area contributed by atoms with Gasteiger partial charge in [0.2, 0.25) is 0 Å². The summed E-state index contributed by atoms with van der Waals surface area (Å²) in [5.41, 5.74) is 3.48. The number of ether oxygens (including phenoxy) is 1. The number of imidazole rings is 1. The summed E-state index contributed by atoms with van der Waals surface area (Å²) in [7, 11) is 2.08. The first kappa shape index (κ1) is 14.3. The number of benzene rings is 2. The largest absolute Gasteiger partial charge is 0.493 e. The summed E-state index contributed by atoms with van der Waals surface area (Å²) in [4.78, 5) is 4.75. The molecule has 4 heteroatoms. The number of hydrogen-bond donors (Lipinski definition) is 1. The molecule has 0 amide bonds. The van der Waals surface area contributed by atoms with Crippen LogP contribution in [0.2, 0.25) is 0 Å². The standard InChI is InChI=1S/C19H21N3O/c1-22-17-10-4-3-8-16(17)21-19(22)13-20-15-9-6-12-23-18-11-5-2-7-14(15)18/h2-5,7-8,10-11,15,20H,6,9,12-13H2,1H3/t15-/m1/s1. The Morgan fingerprint density at radius 1 is 1.17 bits per heavy atom. The fraction of sp³-hybridized carbons (Fsp3) is 0.316. The number of aryl methyl sites for hydroxylation is 1. The average molecular weight is 307 g/mol. The van der Waals surface area contributed by atoms with Gasteiger partial charge in [0.25, 0.3) is 0 Å². The maximum absolute atomic E-state index is 5.84. The average Bonchev–Trinajstić information content (AvgIpc) is 2.78. The maximum atomic E-state index is 5.84. The van der Waals surface area contributed by atoms with Crippen molar-refractivity contribution in [3.63, 3.8) is 0 Å². The van der Waals surface area contributed by atoms with Crippen molar-refractivity contribution in [3.05, 3.63) is 59.9 Å². The Labute approximate surface area is 136 Å². The molecule has 1 aromatic heterocycles. The molecule has 1 atom stereocenters. The lowest BCUT2D eigenvalue weighted by molar-refractivity contribution is 0.315. The van der Waals surface area contributed by atoms with Crippen molar-refractivity contribution >= 4 is 11.0 Å². The third-order valence-corrected chi connectivity index (χ3v) is 4.58. The van der Waals surface area contributed by atoms with Gasteiger partial charge in [0.05, 0.1) is 24.2 Å². The zero-order valence-electron chi connectivity index (χ0n) is 13.3. The fourth-order valence-electron chi connectivity index (χ4n) is 3.30. The van der Waals surface area contributed by atoms with Gasteiger partial charge in [-0.1, -0.05) is 30.3 Å². The van der Waals surface area contributed by atoms with Gasteiger partial charge in [0.15, 0.2) is 0 Å². The zero-order chi connectivity index (χ0) is 15.6. The third-order valence-electron chi connectivity index (χ3n) is 4.58. The van der Waals surface area contributed by atoms with E-state index in [0.717, 1.165) is 43.1 Å². The van der Waals surface area contributed by atoms with Gasteiger partial charge in [-0.15, -0.1) is 0 Å². The van der Waals surface area contributed by atoms with Crippen LogP contribution >= 0.6 is 0 Å². The van der Waals surface area contributed by atoms with Crippen molar-refractivity contribution in [2.24, 2.45) is 7.05 Å². The number of aromatic nitrogens is 2. The molecule has 0 bridgehead atoms. The quantitative estimate of drug-likeness (QED) is 0.804. The summed E-state index contributed by atoms with van der Waals surface area (Å²) < 4.78 is 8.01. The molecular weight excluding hydrogens is 286 g/mol. The van der Waals surface area contributed by atoms with Crippen LogP contribution in [0.5, 0.6) is 5.75 Å². The van der Waals surface area contributed by atoms with Crippen LogP contribution < -0.4 is 10.1 Å². The molecule has 0 saturated carbocycles. The summed E-state index contributed by atoms with van der Waals surface area (Å²) in [6.07, 6.45) is 2.15. The van der Waals surface area contributed by atoms with E-state index in [2.05, 4.69) is 53.3 Å². The SMILES string of the molecule is Cn1c(CN[C@@H]2CCCOc3ccccc32)nc2ccccc21. The van der Waals surface area contributed by atoms with E-state index < -0.39 is 0 Å². The van der Waals surface area contributed by atoms with E-state index >= 15 is 0 Å². The van der Waals surface area contributed by atoms with Gasteiger partial charge in [0, 0.05) is 18.7 Å². The summed E-state index contributed by atoms with van der Waals surface area (Å²) in [6.45, 7) is 1.55. The van der Waals surface area contributed by atoms with Gasteiger partial charge < -0.3 is 14.6 Å². The Balaban J connectivity index is 1.57. The molecular formula is C19H21N3O. The van der Waals surface area contributed by atoms with E-state index in [1.54, 1.807) is 0 Å². The molecule has 0 saturated heterocycles. The molecule has 0 fully saturated rings. The Bertz CT molecular complexity index is 824. The lowest BCUT2D eigenvalue weighted by Gasteiger charge is -2.18. The molecule has 1 N–H and O–H groups in total. The monoisotopic (exact) mass is 307 g/mol. The lowest BCUT2D eigenvalue weighted by Crippen LogP contribution is -2.22. The van der Waals surface area contributed by atoms with Gasteiger partial charge in [0.1, 0.15) is 11.6 Å². The highest BCUT2D eigenvalue weighted by molar-refractivity contribution is 5.75. The summed E-state index contributed by atoms with van der Waals surface area (Å²) in [6, 6.07) is 16.9. The van der Waals surface area contributed by atoms with Crippen molar-refractivity contribution < 1.29 is 4.74 Å². The Morgan fingerprint density at radius 3 is 2.91 bits per heavy atom. The van der Waals surface area contributed by atoms with E-state index in [-0.39, 0.29) is 0 Å². The summed E-state index contributed by atoms with van der Waals surface area (Å²) in [5, 5.41) is 3.67.